The van der Waals surface area contributed by atoms with Crippen molar-refractivity contribution in [1.82, 2.24) is 19.7 Å². The summed E-state index contributed by atoms with van der Waals surface area (Å²) in [5.74, 6) is 0.686. The second-order valence-electron chi connectivity index (χ2n) is 5.51. The molecule has 0 aliphatic heterocycles. The van der Waals surface area contributed by atoms with Crippen LogP contribution in [-0.4, -0.2) is 32.6 Å². The summed E-state index contributed by atoms with van der Waals surface area (Å²) in [4.78, 5) is 15.4. The van der Waals surface area contributed by atoms with Crippen LogP contribution in [0.4, 0.5) is 0 Å². The fraction of sp³-hybridized carbons (Fsp3) is 0.235. The summed E-state index contributed by atoms with van der Waals surface area (Å²) in [6.07, 6.45) is 0. The second kappa shape index (κ2) is 7.11. The molecule has 1 amide bonds. The van der Waals surface area contributed by atoms with Crippen molar-refractivity contribution in [3.8, 4) is 10.7 Å². The lowest BCUT2D eigenvalue weighted by molar-refractivity contribution is -0.132. The third kappa shape index (κ3) is 3.32. The van der Waals surface area contributed by atoms with Crippen LogP contribution in [0.15, 0.2) is 47.8 Å². The Labute approximate surface area is 149 Å². The standard InChI is InChI=1S/C17H18N4OS2/c1-12(13-7-4-3-5-8-13)20(2)15(22)11-21-16(18-19-17(21)23)14-9-6-10-24-14/h3-10,12H,11H2,1-2H3,(H,19,23)/t12-/m1/s1. The minimum atomic E-state index is -0.0124. The molecule has 0 unspecified atom stereocenters. The SMILES string of the molecule is C[C@H](c1ccccc1)N(C)C(=O)Cn1c(-c2cccs2)n[nH]c1=S. The molecule has 3 aromatic rings. The summed E-state index contributed by atoms with van der Waals surface area (Å²) in [5, 5.41) is 9.02. The Bertz CT molecular complexity index is 868. The molecular weight excluding hydrogens is 340 g/mol. The molecule has 7 heteroatoms. The maximum Gasteiger partial charge on any atom is 0.242 e. The molecule has 0 spiro atoms. The van der Waals surface area contributed by atoms with Crippen LogP contribution in [0.3, 0.4) is 0 Å². The fourth-order valence-corrected chi connectivity index (χ4v) is 3.39. The first-order valence-electron chi connectivity index (χ1n) is 7.57. The largest absolute Gasteiger partial charge is 0.337 e. The van der Waals surface area contributed by atoms with E-state index in [1.807, 2.05) is 61.8 Å². The lowest BCUT2D eigenvalue weighted by Crippen LogP contribution is -2.32. The van der Waals surface area contributed by atoms with Gasteiger partial charge in [-0.25, -0.2) is 0 Å². The topological polar surface area (TPSA) is 53.9 Å². The van der Waals surface area contributed by atoms with Gasteiger partial charge in [0, 0.05) is 7.05 Å². The number of carbonyl (C=O) groups excluding carboxylic acids is 1. The number of amides is 1. The molecule has 0 saturated carbocycles. The minimum Gasteiger partial charge on any atom is -0.337 e. The van der Waals surface area contributed by atoms with Gasteiger partial charge in [0.2, 0.25) is 5.91 Å². The number of hydrogen-bond acceptors (Lipinski definition) is 4. The van der Waals surface area contributed by atoms with E-state index in [-0.39, 0.29) is 18.5 Å². The van der Waals surface area contributed by atoms with Crippen molar-refractivity contribution in [3.05, 3.63) is 58.2 Å². The van der Waals surface area contributed by atoms with E-state index in [2.05, 4.69) is 10.2 Å². The number of thiophene rings is 1. The number of H-pyrrole nitrogens is 1. The maximum atomic E-state index is 12.7. The summed E-state index contributed by atoms with van der Waals surface area (Å²) >= 11 is 6.86. The molecular formula is C17H18N4OS2. The van der Waals surface area contributed by atoms with Gasteiger partial charge >= 0.3 is 0 Å². The lowest BCUT2D eigenvalue weighted by Gasteiger charge is -2.25. The Morgan fingerprint density at radius 1 is 1.33 bits per heavy atom. The van der Waals surface area contributed by atoms with Gasteiger partial charge in [-0.05, 0) is 36.2 Å². The normalized spacial score (nSPS) is 12.1. The number of likely N-dealkylation sites (N-methyl/N-ethyl adjacent to an activating group) is 1. The average Bonchev–Trinajstić information content (AvgIpc) is 3.25. The van der Waals surface area contributed by atoms with E-state index < -0.39 is 0 Å². The van der Waals surface area contributed by atoms with Crippen molar-refractivity contribution in [1.29, 1.82) is 0 Å². The number of benzene rings is 1. The zero-order chi connectivity index (χ0) is 17.1. The summed E-state index contributed by atoms with van der Waals surface area (Å²) in [5.41, 5.74) is 1.10. The Hall–Kier alpha value is -2.25. The van der Waals surface area contributed by atoms with Crippen molar-refractivity contribution < 1.29 is 4.79 Å². The van der Waals surface area contributed by atoms with Crippen LogP contribution in [-0.2, 0) is 11.3 Å². The van der Waals surface area contributed by atoms with E-state index >= 15 is 0 Å². The first kappa shape index (κ1) is 16.6. The number of carbonyl (C=O) groups is 1. The van der Waals surface area contributed by atoms with Gasteiger partial charge in [0.25, 0.3) is 0 Å². The van der Waals surface area contributed by atoms with Crippen LogP contribution in [0, 0.1) is 4.77 Å². The number of rotatable bonds is 5. The van der Waals surface area contributed by atoms with Gasteiger partial charge in [-0.3, -0.25) is 14.5 Å². The highest BCUT2D eigenvalue weighted by molar-refractivity contribution is 7.71. The maximum absolute atomic E-state index is 12.7. The van der Waals surface area contributed by atoms with Crippen LogP contribution >= 0.6 is 23.6 Å². The number of nitrogens with zero attached hydrogens (tertiary/aromatic N) is 3. The highest BCUT2D eigenvalue weighted by Gasteiger charge is 2.20. The number of nitrogens with one attached hydrogen (secondary N) is 1. The van der Waals surface area contributed by atoms with Gasteiger partial charge < -0.3 is 4.90 Å². The molecule has 124 valence electrons. The molecule has 0 aliphatic rings. The van der Waals surface area contributed by atoms with E-state index in [1.54, 1.807) is 20.8 Å². The number of aromatic nitrogens is 3. The zero-order valence-electron chi connectivity index (χ0n) is 13.5. The van der Waals surface area contributed by atoms with E-state index in [9.17, 15) is 4.79 Å². The van der Waals surface area contributed by atoms with Crippen LogP contribution in [0.2, 0.25) is 0 Å². The van der Waals surface area contributed by atoms with E-state index in [1.165, 1.54) is 0 Å². The quantitative estimate of drug-likeness (QED) is 0.704. The molecule has 1 aromatic carbocycles. The Morgan fingerprint density at radius 2 is 2.08 bits per heavy atom. The van der Waals surface area contributed by atoms with Crippen LogP contribution in [0.25, 0.3) is 10.7 Å². The van der Waals surface area contributed by atoms with Gasteiger partial charge in [0.05, 0.1) is 10.9 Å². The van der Waals surface area contributed by atoms with Crippen LogP contribution < -0.4 is 0 Å². The highest BCUT2D eigenvalue weighted by Crippen LogP contribution is 2.24. The molecule has 0 aliphatic carbocycles. The zero-order valence-corrected chi connectivity index (χ0v) is 15.1. The van der Waals surface area contributed by atoms with Crippen molar-refractivity contribution in [2.75, 3.05) is 7.05 Å². The Morgan fingerprint density at radius 3 is 2.75 bits per heavy atom. The Kier molecular flexibility index (Phi) is 4.92. The molecule has 1 atom stereocenters. The molecule has 1 N–H and O–H groups in total. The third-order valence-corrected chi connectivity index (χ3v) is 5.23. The average molecular weight is 358 g/mol. The molecule has 3 rings (SSSR count). The summed E-state index contributed by atoms with van der Waals surface area (Å²) in [7, 11) is 1.81. The predicted octanol–water partition coefficient (Wildman–Crippen LogP) is 3.89. The highest BCUT2D eigenvalue weighted by atomic mass is 32.1. The predicted molar refractivity (Wildman–Crippen MR) is 98.4 cm³/mol. The smallest absolute Gasteiger partial charge is 0.242 e. The van der Waals surface area contributed by atoms with Crippen molar-refractivity contribution in [3.63, 3.8) is 0 Å². The summed E-state index contributed by atoms with van der Waals surface area (Å²) in [6.45, 7) is 2.18. The van der Waals surface area contributed by atoms with E-state index in [0.29, 0.717) is 10.6 Å². The fourth-order valence-electron chi connectivity index (χ4n) is 2.48. The molecule has 0 bridgehead atoms. The second-order valence-corrected chi connectivity index (χ2v) is 6.84. The summed E-state index contributed by atoms with van der Waals surface area (Å²) in [6, 6.07) is 13.9. The van der Waals surface area contributed by atoms with E-state index in [0.717, 1.165) is 10.4 Å². The molecule has 5 nitrogen and oxygen atoms in total. The molecule has 2 aromatic heterocycles. The monoisotopic (exact) mass is 358 g/mol. The molecule has 0 fully saturated rings. The lowest BCUT2D eigenvalue weighted by atomic mass is 10.1. The number of aromatic amines is 1. The van der Waals surface area contributed by atoms with Crippen LogP contribution in [0.1, 0.15) is 18.5 Å². The van der Waals surface area contributed by atoms with Gasteiger partial charge in [0.1, 0.15) is 6.54 Å². The Balaban J connectivity index is 1.80. The van der Waals surface area contributed by atoms with Gasteiger partial charge in [-0.1, -0.05) is 36.4 Å². The summed E-state index contributed by atoms with van der Waals surface area (Å²) < 4.78 is 2.20. The first-order chi connectivity index (χ1) is 11.6. The van der Waals surface area contributed by atoms with Crippen molar-refractivity contribution in [2.24, 2.45) is 0 Å². The van der Waals surface area contributed by atoms with Gasteiger partial charge in [-0.15, -0.1) is 11.3 Å². The van der Waals surface area contributed by atoms with Crippen molar-refractivity contribution >= 4 is 29.5 Å². The minimum absolute atomic E-state index is 0.00930. The first-order valence-corrected chi connectivity index (χ1v) is 8.86. The van der Waals surface area contributed by atoms with E-state index in [4.69, 9.17) is 12.2 Å². The third-order valence-electron chi connectivity index (χ3n) is 4.05. The molecule has 0 saturated heterocycles. The molecule has 2 heterocycles. The number of hydrogen-bond donors (Lipinski definition) is 1. The molecule has 24 heavy (non-hydrogen) atoms. The molecule has 0 radical (unpaired) electrons. The van der Waals surface area contributed by atoms with Crippen LogP contribution in [0.5, 0.6) is 0 Å². The van der Waals surface area contributed by atoms with Gasteiger partial charge in [-0.2, -0.15) is 5.10 Å². The van der Waals surface area contributed by atoms with Crippen molar-refractivity contribution in [2.45, 2.75) is 19.5 Å². The van der Waals surface area contributed by atoms with Gasteiger partial charge in [0.15, 0.2) is 10.6 Å².